The summed E-state index contributed by atoms with van der Waals surface area (Å²) in [5.41, 5.74) is 0.873. The number of carbonyl (C=O) groups excluding carboxylic acids is 1. The summed E-state index contributed by atoms with van der Waals surface area (Å²) >= 11 is 5.09. The summed E-state index contributed by atoms with van der Waals surface area (Å²) in [6, 6.07) is 21.9. The third kappa shape index (κ3) is 6.58. The molecular formula is C22H19FN2O3S. The number of thiocarbonyl (C=S) groups is 1. The van der Waals surface area contributed by atoms with Gasteiger partial charge in [-0.2, -0.15) is 0 Å². The monoisotopic (exact) mass is 410 g/mol. The molecular weight excluding hydrogens is 391 g/mol. The average molecular weight is 410 g/mol. The fraction of sp³-hybridized carbons (Fsp3) is 0.0909. The number of carbonyl (C=O) groups is 1. The number of halogens is 1. The summed E-state index contributed by atoms with van der Waals surface area (Å²) in [6.45, 7) is 0.786. The second kappa shape index (κ2) is 10.2. The van der Waals surface area contributed by atoms with Gasteiger partial charge >= 0.3 is 0 Å². The molecule has 3 aromatic rings. The standard InChI is InChI=1S/C22H19FN2O3S/c23-17-5-4-6-18(15-17)24-22(29)25-21(26)16-9-11-20(12-10-16)28-14-13-27-19-7-2-1-3-8-19/h1-12,15H,13-14H2,(H2,24,25,26,29). The highest BCUT2D eigenvalue weighted by molar-refractivity contribution is 7.80. The zero-order valence-corrected chi connectivity index (χ0v) is 16.2. The Balaban J connectivity index is 1.43. The molecule has 0 aliphatic heterocycles. The summed E-state index contributed by atoms with van der Waals surface area (Å²) in [4.78, 5) is 12.3. The van der Waals surface area contributed by atoms with Gasteiger partial charge in [0.1, 0.15) is 30.5 Å². The molecule has 3 aromatic carbocycles. The van der Waals surface area contributed by atoms with E-state index in [-0.39, 0.29) is 11.0 Å². The third-order valence-electron chi connectivity index (χ3n) is 3.79. The van der Waals surface area contributed by atoms with Crippen molar-refractivity contribution in [2.24, 2.45) is 0 Å². The molecule has 0 atom stereocenters. The van der Waals surface area contributed by atoms with E-state index < -0.39 is 5.82 Å². The van der Waals surface area contributed by atoms with Gasteiger partial charge in [-0.1, -0.05) is 24.3 Å². The van der Waals surface area contributed by atoms with E-state index >= 15 is 0 Å². The summed E-state index contributed by atoms with van der Waals surface area (Å²) in [5.74, 6) is 0.636. The lowest BCUT2D eigenvalue weighted by atomic mass is 10.2. The Morgan fingerprint density at radius 3 is 2.17 bits per heavy atom. The Kier molecular flexibility index (Phi) is 7.13. The average Bonchev–Trinajstić information content (AvgIpc) is 2.72. The van der Waals surface area contributed by atoms with Crippen molar-refractivity contribution in [3.8, 4) is 11.5 Å². The first kappa shape index (κ1) is 20.3. The fourth-order valence-corrected chi connectivity index (χ4v) is 2.65. The van der Waals surface area contributed by atoms with Crippen molar-refractivity contribution in [2.45, 2.75) is 0 Å². The van der Waals surface area contributed by atoms with E-state index in [1.165, 1.54) is 12.1 Å². The van der Waals surface area contributed by atoms with Crippen LogP contribution in [-0.4, -0.2) is 24.2 Å². The predicted octanol–water partition coefficient (Wildman–Crippen LogP) is 4.41. The highest BCUT2D eigenvalue weighted by Gasteiger charge is 2.08. The number of rotatable bonds is 7. The molecule has 0 aromatic heterocycles. The zero-order chi connectivity index (χ0) is 20.5. The molecule has 3 rings (SSSR count). The minimum Gasteiger partial charge on any atom is -0.490 e. The van der Waals surface area contributed by atoms with E-state index in [1.54, 1.807) is 36.4 Å². The van der Waals surface area contributed by atoms with Crippen LogP contribution in [0.2, 0.25) is 0 Å². The number of anilines is 1. The van der Waals surface area contributed by atoms with E-state index in [9.17, 15) is 9.18 Å². The van der Waals surface area contributed by atoms with E-state index in [0.717, 1.165) is 5.75 Å². The summed E-state index contributed by atoms with van der Waals surface area (Å²) < 4.78 is 24.3. The molecule has 0 heterocycles. The number of amides is 1. The van der Waals surface area contributed by atoms with Crippen molar-refractivity contribution in [1.82, 2.24) is 5.32 Å². The van der Waals surface area contributed by atoms with Crippen molar-refractivity contribution in [2.75, 3.05) is 18.5 Å². The van der Waals surface area contributed by atoms with Gasteiger partial charge in [0.2, 0.25) is 0 Å². The number of hydrogen-bond donors (Lipinski definition) is 2. The fourth-order valence-electron chi connectivity index (χ4n) is 2.44. The van der Waals surface area contributed by atoms with Crippen LogP contribution in [0.4, 0.5) is 10.1 Å². The van der Waals surface area contributed by atoms with Gasteiger partial charge in [0.05, 0.1) is 0 Å². The van der Waals surface area contributed by atoms with Crippen LogP contribution in [0.1, 0.15) is 10.4 Å². The Labute approximate surface area is 173 Å². The van der Waals surface area contributed by atoms with Gasteiger partial charge in [-0.15, -0.1) is 0 Å². The van der Waals surface area contributed by atoms with Crippen molar-refractivity contribution in [1.29, 1.82) is 0 Å². The second-order valence-electron chi connectivity index (χ2n) is 5.95. The first-order valence-electron chi connectivity index (χ1n) is 8.89. The molecule has 0 aliphatic carbocycles. The number of ether oxygens (including phenoxy) is 2. The quantitative estimate of drug-likeness (QED) is 0.446. The van der Waals surface area contributed by atoms with Crippen LogP contribution in [0.25, 0.3) is 0 Å². The van der Waals surface area contributed by atoms with E-state index in [0.29, 0.717) is 30.2 Å². The molecule has 0 radical (unpaired) electrons. The maximum atomic E-state index is 13.2. The minimum absolute atomic E-state index is 0.0824. The Morgan fingerprint density at radius 1 is 0.862 bits per heavy atom. The molecule has 0 aliphatic rings. The molecule has 29 heavy (non-hydrogen) atoms. The van der Waals surface area contributed by atoms with Gasteiger partial charge in [0.15, 0.2) is 5.11 Å². The number of benzene rings is 3. The second-order valence-corrected chi connectivity index (χ2v) is 6.36. The van der Waals surface area contributed by atoms with Gasteiger partial charge in [0, 0.05) is 11.3 Å². The molecule has 7 heteroatoms. The van der Waals surface area contributed by atoms with E-state index in [4.69, 9.17) is 21.7 Å². The minimum atomic E-state index is -0.395. The lowest BCUT2D eigenvalue weighted by molar-refractivity contribution is 0.0977. The first-order valence-corrected chi connectivity index (χ1v) is 9.29. The number of nitrogens with one attached hydrogen (secondary N) is 2. The first-order chi connectivity index (χ1) is 14.1. The summed E-state index contributed by atoms with van der Waals surface area (Å²) in [7, 11) is 0. The van der Waals surface area contributed by atoms with Crippen LogP contribution in [0.3, 0.4) is 0 Å². The molecule has 1 amide bonds. The normalized spacial score (nSPS) is 10.1. The van der Waals surface area contributed by atoms with Gasteiger partial charge in [-0.05, 0) is 66.8 Å². The number of hydrogen-bond acceptors (Lipinski definition) is 4. The third-order valence-corrected chi connectivity index (χ3v) is 3.99. The molecule has 0 saturated heterocycles. The maximum Gasteiger partial charge on any atom is 0.257 e. The molecule has 0 saturated carbocycles. The smallest absolute Gasteiger partial charge is 0.257 e. The van der Waals surface area contributed by atoms with Crippen LogP contribution < -0.4 is 20.1 Å². The lowest BCUT2D eigenvalue weighted by Crippen LogP contribution is -2.34. The SMILES string of the molecule is O=C(NC(=S)Nc1cccc(F)c1)c1ccc(OCCOc2ccccc2)cc1. The summed E-state index contributed by atoms with van der Waals surface area (Å²) in [6.07, 6.45) is 0. The number of para-hydroxylation sites is 1. The molecule has 2 N–H and O–H groups in total. The predicted molar refractivity (Wildman–Crippen MR) is 114 cm³/mol. The van der Waals surface area contributed by atoms with E-state index in [1.807, 2.05) is 30.3 Å². The van der Waals surface area contributed by atoms with Crippen molar-refractivity contribution in [3.05, 3.63) is 90.2 Å². The van der Waals surface area contributed by atoms with Crippen LogP contribution in [0, 0.1) is 5.82 Å². The Hall–Kier alpha value is -3.45. The molecule has 0 unspecified atom stereocenters. The molecule has 148 valence electrons. The van der Waals surface area contributed by atoms with E-state index in [2.05, 4.69) is 10.6 Å². The van der Waals surface area contributed by atoms with Crippen LogP contribution in [-0.2, 0) is 0 Å². The van der Waals surface area contributed by atoms with Gasteiger partial charge in [0.25, 0.3) is 5.91 Å². The van der Waals surface area contributed by atoms with Crippen molar-refractivity contribution in [3.63, 3.8) is 0 Å². The molecule has 0 spiro atoms. The highest BCUT2D eigenvalue weighted by Crippen LogP contribution is 2.13. The molecule has 0 bridgehead atoms. The maximum absolute atomic E-state index is 13.2. The Morgan fingerprint density at radius 2 is 1.52 bits per heavy atom. The van der Waals surface area contributed by atoms with Gasteiger partial charge in [-0.3, -0.25) is 10.1 Å². The Bertz CT molecular complexity index is 965. The largest absolute Gasteiger partial charge is 0.490 e. The molecule has 0 fully saturated rings. The van der Waals surface area contributed by atoms with Crippen LogP contribution in [0.5, 0.6) is 11.5 Å². The van der Waals surface area contributed by atoms with Crippen molar-refractivity contribution < 1.29 is 18.7 Å². The lowest BCUT2D eigenvalue weighted by Gasteiger charge is -2.11. The van der Waals surface area contributed by atoms with Gasteiger partial charge < -0.3 is 14.8 Å². The summed E-state index contributed by atoms with van der Waals surface area (Å²) in [5, 5.41) is 5.40. The van der Waals surface area contributed by atoms with Gasteiger partial charge in [-0.25, -0.2) is 4.39 Å². The van der Waals surface area contributed by atoms with Crippen LogP contribution in [0.15, 0.2) is 78.9 Å². The highest BCUT2D eigenvalue weighted by atomic mass is 32.1. The molecule has 5 nitrogen and oxygen atoms in total. The zero-order valence-electron chi connectivity index (χ0n) is 15.4. The van der Waals surface area contributed by atoms with Crippen molar-refractivity contribution >= 4 is 28.9 Å². The topological polar surface area (TPSA) is 59.6 Å². The van der Waals surface area contributed by atoms with Crippen LogP contribution >= 0.6 is 12.2 Å².